The molecule has 64 heavy (non-hydrogen) atoms. The van der Waals surface area contributed by atoms with Gasteiger partial charge in [-0.15, -0.1) is 0 Å². The number of thioether (sulfide) groups is 1. The van der Waals surface area contributed by atoms with Crippen LogP contribution in [0.2, 0.25) is 0 Å². The van der Waals surface area contributed by atoms with Gasteiger partial charge in [-0.25, -0.2) is 0 Å². The number of rotatable bonds is 15. The van der Waals surface area contributed by atoms with Gasteiger partial charge in [-0.1, -0.05) is 50.2 Å². The molecular weight excluding hydrogens is 827 g/mol. The molecule has 0 saturated heterocycles. The van der Waals surface area contributed by atoms with Crippen molar-refractivity contribution in [1.82, 2.24) is 0 Å². The normalized spacial score (nSPS) is 15.9. The van der Waals surface area contributed by atoms with E-state index >= 15 is 0 Å². The number of carbonyl (C=O) groups excluding carboxylic acids is 3. The lowest BCUT2D eigenvalue weighted by Crippen LogP contribution is -2.39. The Hall–Kier alpha value is -6.47. The summed E-state index contributed by atoms with van der Waals surface area (Å²) in [4.78, 5) is 50.1. The third-order valence-electron chi connectivity index (χ3n) is 12.4. The molecule has 0 bridgehead atoms. The highest BCUT2D eigenvalue weighted by Gasteiger charge is 2.38. The largest absolute Gasteiger partial charge is 0.493 e. The molecule has 5 aromatic carbocycles. The fraction of sp³-hybridized carbons (Fsp3) is 0.333. The number of para-hydroxylation sites is 2. The minimum atomic E-state index is -0.136. The first-order valence-corrected chi connectivity index (χ1v) is 23.0. The lowest BCUT2D eigenvalue weighted by Gasteiger charge is -2.22. The zero-order valence-electron chi connectivity index (χ0n) is 36.9. The summed E-state index contributed by atoms with van der Waals surface area (Å²) in [7, 11) is 3.12. The monoisotopic (exact) mass is 879 g/mol. The van der Waals surface area contributed by atoms with Crippen molar-refractivity contribution in [3.63, 3.8) is 0 Å². The Labute approximate surface area is 378 Å². The molecule has 2 N–H and O–H groups in total. The first-order valence-electron chi connectivity index (χ1n) is 21.8. The maximum Gasteiger partial charge on any atom is 0.260 e. The maximum atomic E-state index is 14.1. The van der Waals surface area contributed by atoms with Crippen molar-refractivity contribution in [2.24, 2.45) is 4.99 Å². The Balaban J connectivity index is 0.978. The number of hydrogen-bond acceptors (Lipinski definition) is 10. The van der Waals surface area contributed by atoms with Crippen molar-refractivity contribution < 1.29 is 33.3 Å². The van der Waals surface area contributed by atoms with E-state index < -0.39 is 0 Å². The summed E-state index contributed by atoms with van der Waals surface area (Å²) >= 11 is 1.73. The molecule has 3 heterocycles. The highest BCUT2D eigenvalue weighted by atomic mass is 32.2. The number of nitrogens with zero attached hydrogens (tertiary/aromatic N) is 3. The summed E-state index contributed by atoms with van der Waals surface area (Å²) in [6.45, 7) is 5.69. The molecule has 0 aromatic heterocycles. The van der Waals surface area contributed by atoms with Crippen molar-refractivity contribution in [1.29, 1.82) is 0 Å². The van der Waals surface area contributed by atoms with Gasteiger partial charge >= 0.3 is 0 Å². The maximum absolute atomic E-state index is 14.1. The molecular formula is C51H53N5O7S. The highest BCUT2D eigenvalue weighted by molar-refractivity contribution is 7.99. The van der Waals surface area contributed by atoms with Gasteiger partial charge in [-0.05, 0) is 103 Å². The average molecular weight is 880 g/mol. The van der Waals surface area contributed by atoms with E-state index in [1.54, 1.807) is 44.2 Å². The highest BCUT2D eigenvalue weighted by Crippen LogP contribution is 2.42. The smallest absolute Gasteiger partial charge is 0.260 e. The summed E-state index contributed by atoms with van der Waals surface area (Å²) in [5, 5.41) is 6.61. The number of hydrogen-bond donors (Lipinski definition) is 2. The molecule has 13 heteroatoms. The molecule has 330 valence electrons. The van der Waals surface area contributed by atoms with Crippen LogP contribution in [0, 0.1) is 0 Å². The van der Waals surface area contributed by atoms with Crippen LogP contribution in [0.5, 0.6) is 23.0 Å². The molecule has 12 nitrogen and oxygen atoms in total. The van der Waals surface area contributed by atoms with Gasteiger partial charge in [0.25, 0.3) is 11.8 Å². The van der Waals surface area contributed by atoms with E-state index in [1.807, 2.05) is 70.5 Å². The number of nitrogens with one attached hydrogen (secondary N) is 2. The number of benzene rings is 5. The second-order valence-electron chi connectivity index (χ2n) is 17.3. The van der Waals surface area contributed by atoms with Crippen LogP contribution in [0.3, 0.4) is 0 Å². The Morgan fingerprint density at radius 2 is 1.50 bits per heavy atom. The third kappa shape index (κ3) is 8.99. The van der Waals surface area contributed by atoms with Crippen LogP contribution in [0.1, 0.15) is 82.5 Å². The number of methoxy groups -OCH3 is 2. The number of ether oxygens (including phenoxy) is 4. The van der Waals surface area contributed by atoms with Crippen LogP contribution < -0.4 is 39.4 Å². The lowest BCUT2D eigenvalue weighted by molar-refractivity contribution is -0.116. The number of fused-ring (bicyclic) bond motifs is 5. The van der Waals surface area contributed by atoms with Crippen molar-refractivity contribution in [2.45, 2.75) is 76.4 Å². The van der Waals surface area contributed by atoms with Crippen LogP contribution in [0.25, 0.3) is 0 Å². The Bertz CT molecular complexity index is 2670. The number of anilines is 4. The van der Waals surface area contributed by atoms with E-state index in [1.165, 1.54) is 0 Å². The summed E-state index contributed by atoms with van der Waals surface area (Å²) in [6, 6.07) is 28.9. The van der Waals surface area contributed by atoms with Gasteiger partial charge in [0, 0.05) is 59.2 Å². The third-order valence-corrected chi connectivity index (χ3v) is 13.7. The summed E-state index contributed by atoms with van der Waals surface area (Å²) in [6.07, 6.45) is 6.48. The zero-order valence-corrected chi connectivity index (χ0v) is 37.7. The van der Waals surface area contributed by atoms with E-state index in [0.29, 0.717) is 77.1 Å². The summed E-state index contributed by atoms with van der Waals surface area (Å²) in [5.41, 5.74) is 9.51. The van der Waals surface area contributed by atoms with Crippen LogP contribution in [0.15, 0.2) is 96.0 Å². The molecule has 0 spiro atoms. The molecule has 9 rings (SSSR count). The van der Waals surface area contributed by atoms with E-state index in [-0.39, 0.29) is 41.7 Å². The van der Waals surface area contributed by atoms with Gasteiger partial charge in [-0.3, -0.25) is 19.4 Å². The molecule has 3 amide bonds. The van der Waals surface area contributed by atoms with Gasteiger partial charge in [0.1, 0.15) is 13.2 Å². The first kappa shape index (κ1) is 42.8. The lowest BCUT2D eigenvalue weighted by atomic mass is 10.1. The average Bonchev–Trinajstić information content (AvgIpc) is 3.92. The molecule has 1 atom stereocenters. The van der Waals surface area contributed by atoms with Gasteiger partial charge < -0.3 is 39.4 Å². The summed E-state index contributed by atoms with van der Waals surface area (Å²) < 4.78 is 24.6. The SMILES string of the molecule is COc1cc(C(=O)N2CCc3ccccc32)c(N=C2CC2)cc1OCc1cc(COc2cc3c(cc2OC)C(=O)N2c4ccccc4C[C@H]2CN3)cc(NC(=O)CCC(C)(C)SC)c1. The molecule has 3 aliphatic heterocycles. The molecule has 1 fully saturated rings. The second-order valence-corrected chi connectivity index (χ2v) is 18.8. The van der Waals surface area contributed by atoms with Crippen LogP contribution in [0.4, 0.5) is 28.4 Å². The molecule has 1 aliphatic carbocycles. The van der Waals surface area contributed by atoms with Gasteiger partial charge in [0.05, 0.1) is 42.8 Å². The van der Waals surface area contributed by atoms with E-state index in [0.717, 1.165) is 65.0 Å². The molecule has 1 saturated carbocycles. The second kappa shape index (κ2) is 18.0. The number of carbonyl (C=O) groups is 3. The quantitative estimate of drug-likeness (QED) is 0.106. The standard InChI is InChI=1S/C51H53N5O7S/c1-51(2,64-5)18-16-48(57)54-36-21-31(29-62-46-26-40-38(24-44(46)60-3)50(59)56-37(28-52-40)23-34-11-7-9-13-43(34)56)20-32(22-36)30-63-47-27-41(53-35-14-15-35)39(25-45(47)61-4)49(58)55-19-17-33-10-6-8-12-42(33)55/h6-13,20-22,24-27,37,52H,14-19,23,28-30H2,1-5H3,(H,54,57)/t37-/m0/s1. The van der Waals surface area contributed by atoms with Crippen molar-refractivity contribution in [3.8, 4) is 23.0 Å². The van der Waals surface area contributed by atoms with Crippen LogP contribution in [-0.4, -0.2) is 67.8 Å². The minimum Gasteiger partial charge on any atom is -0.493 e. The predicted molar refractivity (Wildman–Crippen MR) is 254 cm³/mol. The minimum absolute atomic E-state index is 0.00961. The van der Waals surface area contributed by atoms with E-state index in [2.05, 4.69) is 42.9 Å². The number of aliphatic imine (C=N–C) groups is 1. The van der Waals surface area contributed by atoms with Crippen molar-refractivity contribution >= 4 is 63.6 Å². The molecule has 5 aromatic rings. The predicted octanol–water partition coefficient (Wildman–Crippen LogP) is 9.79. The fourth-order valence-electron chi connectivity index (χ4n) is 8.59. The first-order chi connectivity index (χ1) is 31.0. The Morgan fingerprint density at radius 1 is 0.828 bits per heavy atom. The van der Waals surface area contributed by atoms with Gasteiger partial charge in [0.15, 0.2) is 23.0 Å². The molecule has 0 radical (unpaired) electrons. The van der Waals surface area contributed by atoms with Crippen molar-refractivity contribution in [3.05, 3.63) is 124 Å². The topological polar surface area (TPSA) is 131 Å². The zero-order chi connectivity index (χ0) is 44.5. The van der Waals surface area contributed by atoms with Crippen LogP contribution >= 0.6 is 11.8 Å². The fourth-order valence-corrected chi connectivity index (χ4v) is 8.90. The van der Waals surface area contributed by atoms with E-state index in [9.17, 15) is 14.4 Å². The Kier molecular flexibility index (Phi) is 12.0. The van der Waals surface area contributed by atoms with Crippen molar-refractivity contribution in [2.75, 3.05) is 54.0 Å². The Morgan fingerprint density at radius 3 is 2.20 bits per heavy atom. The van der Waals surface area contributed by atoms with Gasteiger partial charge in [0.2, 0.25) is 5.91 Å². The summed E-state index contributed by atoms with van der Waals surface area (Å²) in [5.74, 6) is 1.43. The molecule has 0 unspecified atom stereocenters. The molecule has 4 aliphatic rings. The van der Waals surface area contributed by atoms with E-state index in [4.69, 9.17) is 23.9 Å². The number of amides is 3. The van der Waals surface area contributed by atoms with Crippen LogP contribution in [-0.2, 0) is 30.8 Å². The van der Waals surface area contributed by atoms with Gasteiger partial charge in [-0.2, -0.15) is 11.8 Å².